The lowest BCUT2D eigenvalue weighted by molar-refractivity contribution is -0.119. The number of unbranched alkanes of at least 4 members (excludes halogenated alkanes) is 1. The average molecular weight is 248 g/mol. The molecule has 0 aromatic heterocycles. The summed E-state index contributed by atoms with van der Waals surface area (Å²) in [4.78, 5) is 11.5. The predicted molar refractivity (Wildman–Crippen MR) is 71.3 cm³/mol. The van der Waals surface area contributed by atoms with Gasteiger partial charge in [0.1, 0.15) is 0 Å². The smallest absolute Gasteiger partial charge is 0.239 e. The summed E-state index contributed by atoms with van der Waals surface area (Å²) >= 11 is 0. The van der Waals surface area contributed by atoms with Gasteiger partial charge in [-0.1, -0.05) is 19.4 Å². The van der Waals surface area contributed by atoms with Gasteiger partial charge in [0.2, 0.25) is 5.91 Å². The molecule has 0 fully saturated rings. The van der Waals surface area contributed by atoms with Crippen LogP contribution >= 0.6 is 0 Å². The summed E-state index contributed by atoms with van der Waals surface area (Å²) in [7, 11) is 0. The number of nitrogens with one attached hydrogen (secondary N) is 2. The highest BCUT2D eigenvalue weighted by Gasteiger charge is 2.11. The molecule has 2 rings (SSSR count). The molecule has 98 valence electrons. The first-order chi connectivity index (χ1) is 8.79. The van der Waals surface area contributed by atoms with Crippen LogP contribution in [0.4, 0.5) is 5.69 Å². The molecule has 0 radical (unpaired) electrons. The van der Waals surface area contributed by atoms with Crippen molar-refractivity contribution in [3.8, 4) is 0 Å². The van der Waals surface area contributed by atoms with Crippen molar-refractivity contribution in [2.45, 2.75) is 33.0 Å². The first-order valence-corrected chi connectivity index (χ1v) is 6.49. The molecule has 1 amide bonds. The van der Waals surface area contributed by atoms with Crippen LogP contribution in [0.25, 0.3) is 0 Å². The van der Waals surface area contributed by atoms with Gasteiger partial charge in [0.25, 0.3) is 0 Å². The van der Waals surface area contributed by atoms with Gasteiger partial charge in [-0.25, -0.2) is 0 Å². The minimum absolute atomic E-state index is 0.0419. The zero-order valence-electron chi connectivity index (χ0n) is 10.8. The first kappa shape index (κ1) is 12.9. The summed E-state index contributed by atoms with van der Waals surface area (Å²) in [5, 5.41) is 6.01. The Balaban J connectivity index is 1.78. The Morgan fingerprint density at radius 2 is 2.17 bits per heavy atom. The Bertz CT molecular complexity index is 418. The molecule has 1 aliphatic heterocycles. The molecule has 0 atom stereocenters. The third-order valence-electron chi connectivity index (χ3n) is 3.03. The summed E-state index contributed by atoms with van der Waals surface area (Å²) < 4.78 is 5.35. The number of carbonyl (C=O) groups excluding carboxylic acids is 1. The Labute approximate surface area is 108 Å². The van der Waals surface area contributed by atoms with Crippen LogP contribution in [-0.4, -0.2) is 19.0 Å². The summed E-state index contributed by atoms with van der Waals surface area (Å²) in [5.41, 5.74) is 3.43. The number of anilines is 1. The van der Waals surface area contributed by atoms with Crippen LogP contribution in [0, 0.1) is 0 Å². The Hall–Kier alpha value is -1.55. The second kappa shape index (κ2) is 6.40. The fourth-order valence-corrected chi connectivity index (χ4v) is 1.93. The molecule has 2 N–H and O–H groups in total. The van der Waals surface area contributed by atoms with E-state index >= 15 is 0 Å². The zero-order valence-corrected chi connectivity index (χ0v) is 10.8. The van der Waals surface area contributed by atoms with Gasteiger partial charge in [0, 0.05) is 12.2 Å². The van der Waals surface area contributed by atoms with Gasteiger partial charge in [-0.15, -0.1) is 0 Å². The third-order valence-corrected chi connectivity index (χ3v) is 3.03. The number of rotatable bonds is 6. The first-order valence-electron chi connectivity index (χ1n) is 6.49. The second-order valence-electron chi connectivity index (χ2n) is 4.53. The minimum Gasteiger partial charge on any atom is -0.376 e. The molecule has 0 saturated heterocycles. The number of amides is 1. The molecular weight excluding hydrogens is 228 g/mol. The molecule has 0 unspecified atom stereocenters. The van der Waals surface area contributed by atoms with Crippen molar-refractivity contribution in [3.63, 3.8) is 0 Å². The predicted octanol–water partition coefficient (Wildman–Crippen LogP) is 2.04. The molecule has 4 heteroatoms. The van der Waals surface area contributed by atoms with E-state index in [2.05, 4.69) is 29.7 Å². The van der Waals surface area contributed by atoms with Crippen LogP contribution in [-0.2, 0) is 22.7 Å². The SMILES string of the molecule is CCCCNC(=O)CNc1ccc2c(c1)COC2. The van der Waals surface area contributed by atoms with Gasteiger partial charge in [-0.2, -0.15) is 0 Å². The van der Waals surface area contributed by atoms with Crippen LogP contribution in [0.3, 0.4) is 0 Å². The number of carbonyl (C=O) groups is 1. The van der Waals surface area contributed by atoms with E-state index in [0.717, 1.165) is 25.1 Å². The summed E-state index contributed by atoms with van der Waals surface area (Å²) in [6.45, 7) is 4.57. The molecule has 1 aliphatic rings. The van der Waals surface area contributed by atoms with Crippen LogP contribution in [0.2, 0.25) is 0 Å². The topological polar surface area (TPSA) is 50.4 Å². The van der Waals surface area contributed by atoms with E-state index in [-0.39, 0.29) is 5.91 Å². The summed E-state index contributed by atoms with van der Waals surface area (Å²) in [6, 6.07) is 6.11. The fraction of sp³-hybridized carbons (Fsp3) is 0.500. The van der Waals surface area contributed by atoms with E-state index in [4.69, 9.17) is 4.74 Å². The molecule has 0 aliphatic carbocycles. The lowest BCUT2D eigenvalue weighted by Crippen LogP contribution is -2.30. The Kier molecular flexibility index (Phi) is 4.59. The van der Waals surface area contributed by atoms with Crippen LogP contribution in [0.1, 0.15) is 30.9 Å². The number of ether oxygens (including phenoxy) is 1. The number of fused-ring (bicyclic) bond motifs is 1. The number of hydrogen-bond acceptors (Lipinski definition) is 3. The average Bonchev–Trinajstić information content (AvgIpc) is 2.84. The largest absolute Gasteiger partial charge is 0.376 e. The monoisotopic (exact) mass is 248 g/mol. The Morgan fingerprint density at radius 1 is 1.33 bits per heavy atom. The second-order valence-corrected chi connectivity index (χ2v) is 4.53. The van der Waals surface area contributed by atoms with Crippen LogP contribution in [0.5, 0.6) is 0 Å². The van der Waals surface area contributed by atoms with Crippen molar-refractivity contribution in [2.75, 3.05) is 18.4 Å². The Morgan fingerprint density at radius 3 is 3.00 bits per heavy atom. The maximum atomic E-state index is 11.5. The summed E-state index contributed by atoms with van der Waals surface area (Å²) in [6.07, 6.45) is 2.13. The summed E-state index contributed by atoms with van der Waals surface area (Å²) in [5.74, 6) is 0.0419. The zero-order chi connectivity index (χ0) is 12.8. The van der Waals surface area contributed by atoms with Crippen LogP contribution in [0.15, 0.2) is 18.2 Å². The highest BCUT2D eigenvalue weighted by Crippen LogP contribution is 2.22. The van der Waals surface area contributed by atoms with Gasteiger partial charge in [-0.3, -0.25) is 4.79 Å². The maximum Gasteiger partial charge on any atom is 0.239 e. The standard InChI is InChI=1S/C14H20N2O2/c1-2-3-6-15-14(17)8-16-13-5-4-11-9-18-10-12(11)7-13/h4-5,7,16H,2-3,6,8-10H2,1H3,(H,15,17). The molecular formula is C14H20N2O2. The molecule has 1 aromatic rings. The molecule has 0 spiro atoms. The van der Waals surface area contributed by atoms with E-state index in [1.807, 2.05) is 6.07 Å². The molecule has 0 saturated carbocycles. The fourth-order valence-electron chi connectivity index (χ4n) is 1.93. The van der Waals surface area contributed by atoms with Crippen molar-refractivity contribution in [2.24, 2.45) is 0 Å². The van der Waals surface area contributed by atoms with Crippen molar-refractivity contribution < 1.29 is 9.53 Å². The normalized spacial score (nSPS) is 13.2. The highest BCUT2D eigenvalue weighted by atomic mass is 16.5. The molecule has 0 bridgehead atoms. The quantitative estimate of drug-likeness (QED) is 0.757. The number of benzene rings is 1. The van der Waals surface area contributed by atoms with Crippen LogP contribution < -0.4 is 10.6 Å². The van der Waals surface area contributed by atoms with Crippen molar-refractivity contribution in [3.05, 3.63) is 29.3 Å². The van der Waals surface area contributed by atoms with Gasteiger partial charge in [0.05, 0.1) is 19.8 Å². The van der Waals surface area contributed by atoms with Gasteiger partial charge in [0.15, 0.2) is 0 Å². The van der Waals surface area contributed by atoms with E-state index in [9.17, 15) is 4.79 Å². The third kappa shape index (κ3) is 3.47. The molecule has 4 nitrogen and oxygen atoms in total. The van der Waals surface area contributed by atoms with Crippen molar-refractivity contribution >= 4 is 11.6 Å². The molecule has 18 heavy (non-hydrogen) atoms. The lowest BCUT2D eigenvalue weighted by Gasteiger charge is -2.08. The van der Waals surface area contributed by atoms with E-state index < -0.39 is 0 Å². The highest BCUT2D eigenvalue weighted by molar-refractivity contribution is 5.80. The van der Waals surface area contributed by atoms with Crippen molar-refractivity contribution in [1.82, 2.24) is 5.32 Å². The van der Waals surface area contributed by atoms with Gasteiger partial charge < -0.3 is 15.4 Å². The van der Waals surface area contributed by atoms with E-state index in [0.29, 0.717) is 19.8 Å². The maximum absolute atomic E-state index is 11.5. The van der Waals surface area contributed by atoms with E-state index in [1.54, 1.807) is 0 Å². The van der Waals surface area contributed by atoms with Crippen molar-refractivity contribution in [1.29, 1.82) is 0 Å². The number of hydrogen-bond donors (Lipinski definition) is 2. The van der Waals surface area contributed by atoms with Gasteiger partial charge >= 0.3 is 0 Å². The van der Waals surface area contributed by atoms with Gasteiger partial charge in [-0.05, 0) is 29.7 Å². The van der Waals surface area contributed by atoms with E-state index in [1.165, 1.54) is 11.1 Å². The molecule has 1 heterocycles. The lowest BCUT2D eigenvalue weighted by atomic mass is 10.1. The molecule has 1 aromatic carbocycles. The minimum atomic E-state index is 0.0419.